The highest BCUT2D eigenvalue weighted by Crippen LogP contribution is 2.22. The van der Waals surface area contributed by atoms with Gasteiger partial charge in [0, 0.05) is 37.9 Å². The summed E-state index contributed by atoms with van der Waals surface area (Å²) < 4.78 is 5.30. The minimum atomic E-state index is 0.551. The van der Waals surface area contributed by atoms with Gasteiger partial charge in [-0.1, -0.05) is 29.8 Å². The Morgan fingerprint density at radius 3 is 2.84 bits per heavy atom. The van der Waals surface area contributed by atoms with Crippen LogP contribution < -0.4 is 11.1 Å². The molecular weight excluding hydrogens is 336 g/mol. The van der Waals surface area contributed by atoms with Gasteiger partial charge in [0.2, 0.25) is 0 Å². The van der Waals surface area contributed by atoms with Crippen LogP contribution in [0.2, 0.25) is 5.02 Å². The van der Waals surface area contributed by atoms with Crippen LogP contribution in [0, 0.1) is 5.92 Å². The van der Waals surface area contributed by atoms with Gasteiger partial charge in [0.25, 0.3) is 0 Å². The molecule has 140 valence electrons. The smallest absolute Gasteiger partial charge is 0.188 e. The number of ether oxygens (including phenoxy) is 1. The lowest BCUT2D eigenvalue weighted by Crippen LogP contribution is -2.36. The summed E-state index contributed by atoms with van der Waals surface area (Å²) in [6.07, 6.45) is 3.27. The quantitative estimate of drug-likeness (QED) is 0.400. The number of hydrogen-bond donors (Lipinski definition) is 2. The third-order valence-electron chi connectivity index (χ3n) is 4.55. The number of nitrogens with zero attached hydrogens (tertiary/aromatic N) is 2. The summed E-state index contributed by atoms with van der Waals surface area (Å²) in [7, 11) is 0. The fourth-order valence-corrected chi connectivity index (χ4v) is 3.21. The Labute approximate surface area is 156 Å². The van der Waals surface area contributed by atoms with Crippen molar-refractivity contribution in [1.82, 2.24) is 10.2 Å². The normalized spacial score (nSPS) is 17.0. The summed E-state index contributed by atoms with van der Waals surface area (Å²) in [4.78, 5) is 6.96. The summed E-state index contributed by atoms with van der Waals surface area (Å²) in [6, 6.07) is 8.09. The fourth-order valence-electron chi connectivity index (χ4n) is 3.01. The molecule has 0 unspecified atom stereocenters. The van der Waals surface area contributed by atoms with Gasteiger partial charge in [-0.2, -0.15) is 0 Å². The first kappa shape index (κ1) is 20.0. The summed E-state index contributed by atoms with van der Waals surface area (Å²) in [6.45, 7) is 8.26. The molecule has 3 N–H and O–H groups in total. The maximum atomic E-state index is 6.25. The number of piperidine rings is 1. The van der Waals surface area contributed by atoms with Crippen molar-refractivity contribution in [2.24, 2.45) is 16.6 Å². The van der Waals surface area contributed by atoms with Crippen molar-refractivity contribution in [3.8, 4) is 0 Å². The maximum Gasteiger partial charge on any atom is 0.188 e. The Bertz CT molecular complexity index is 530. The standard InChI is InChI=1S/C19H31ClN4O/c1-2-25-13-5-10-22-19(21)23-14-16-8-11-24(12-9-16)15-17-6-3-4-7-18(17)20/h3-4,6-7,16H,2,5,8-15H2,1H3,(H3,21,22,23). The van der Waals surface area contributed by atoms with Gasteiger partial charge < -0.3 is 15.8 Å². The molecule has 2 rings (SSSR count). The number of aliphatic imine (C=N–C) groups is 1. The van der Waals surface area contributed by atoms with Crippen LogP contribution in [0.15, 0.2) is 29.3 Å². The Hall–Kier alpha value is -1.30. The highest BCUT2D eigenvalue weighted by Gasteiger charge is 2.19. The van der Waals surface area contributed by atoms with Crippen molar-refractivity contribution in [2.75, 3.05) is 39.4 Å². The van der Waals surface area contributed by atoms with Crippen LogP contribution >= 0.6 is 11.6 Å². The van der Waals surface area contributed by atoms with Crippen molar-refractivity contribution in [1.29, 1.82) is 0 Å². The van der Waals surface area contributed by atoms with E-state index < -0.39 is 0 Å². The van der Waals surface area contributed by atoms with Crippen molar-refractivity contribution < 1.29 is 4.74 Å². The lowest BCUT2D eigenvalue weighted by Gasteiger charge is -2.31. The van der Waals surface area contributed by atoms with Gasteiger partial charge in [-0.25, -0.2) is 0 Å². The van der Waals surface area contributed by atoms with Crippen LogP contribution in [0.25, 0.3) is 0 Å². The van der Waals surface area contributed by atoms with E-state index in [0.29, 0.717) is 11.9 Å². The Morgan fingerprint density at radius 1 is 1.36 bits per heavy atom. The van der Waals surface area contributed by atoms with E-state index >= 15 is 0 Å². The molecule has 1 aliphatic heterocycles. The number of likely N-dealkylation sites (tertiary alicyclic amines) is 1. The second kappa shape index (κ2) is 11.3. The highest BCUT2D eigenvalue weighted by molar-refractivity contribution is 6.31. The molecule has 0 spiro atoms. The van der Waals surface area contributed by atoms with E-state index in [1.165, 1.54) is 5.56 Å². The van der Waals surface area contributed by atoms with Crippen molar-refractivity contribution in [2.45, 2.75) is 32.7 Å². The van der Waals surface area contributed by atoms with Gasteiger partial charge >= 0.3 is 0 Å². The third-order valence-corrected chi connectivity index (χ3v) is 4.92. The number of halogens is 1. The lowest BCUT2D eigenvalue weighted by atomic mass is 9.96. The number of hydrogen-bond acceptors (Lipinski definition) is 3. The molecule has 0 aliphatic carbocycles. The summed E-state index contributed by atoms with van der Waals surface area (Å²) in [5, 5.41) is 4.01. The molecule has 1 fully saturated rings. The molecule has 0 bridgehead atoms. The SMILES string of the molecule is CCOCCCNC(N)=NCC1CCN(Cc2ccccc2Cl)CC1. The molecule has 0 atom stereocenters. The van der Waals surface area contributed by atoms with E-state index in [2.05, 4.69) is 21.3 Å². The van der Waals surface area contributed by atoms with E-state index in [4.69, 9.17) is 22.1 Å². The van der Waals surface area contributed by atoms with Gasteiger partial charge in [-0.15, -0.1) is 0 Å². The molecule has 1 saturated heterocycles. The number of rotatable bonds is 9. The fraction of sp³-hybridized carbons (Fsp3) is 0.632. The largest absolute Gasteiger partial charge is 0.382 e. The Kier molecular flexibility index (Phi) is 9.08. The average molecular weight is 367 g/mol. The van der Waals surface area contributed by atoms with Crippen LogP contribution in [0.4, 0.5) is 0 Å². The molecule has 1 heterocycles. The number of benzene rings is 1. The Morgan fingerprint density at radius 2 is 2.12 bits per heavy atom. The van der Waals surface area contributed by atoms with Gasteiger partial charge in [-0.3, -0.25) is 9.89 Å². The first-order valence-corrected chi connectivity index (χ1v) is 9.64. The molecule has 0 radical (unpaired) electrons. The Balaban J connectivity index is 1.63. The predicted octanol–water partition coefficient (Wildman–Crippen LogP) is 2.88. The van der Waals surface area contributed by atoms with Gasteiger partial charge in [0.15, 0.2) is 5.96 Å². The molecule has 1 aliphatic rings. The minimum Gasteiger partial charge on any atom is -0.382 e. The van der Waals surface area contributed by atoms with E-state index in [1.54, 1.807) is 0 Å². The molecule has 0 amide bonds. The van der Waals surface area contributed by atoms with Crippen molar-refractivity contribution in [3.05, 3.63) is 34.9 Å². The lowest BCUT2D eigenvalue weighted by molar-refractivity contribution is 0.145. The van der Waals surface area contributed by atoms with Gasteiger partial charge in [0.1, 0.15) is 0 Å². The molecule has 0 aromatic heterocycles. The third kappa shape index (κ3) is 7.63. The molecule has 6 heteroatoms. The first-order chi connectivity index (χ1) is 12.2. The molecule has 25 heavy (non-hydrogen) atoms. The zero-order valence-corrected chi connectivity index (χ0v) is 16.0. The second-order valence-electron chi connectivity index (χ2n) is 6.51. The maximum absolute atomic E-state index is 6.25. The summed E-state index contributed by atoms with van der Waals surface area (Å²) in [5.41, 5.74) is 7.13. The number of nitrogens with two attached hydrogens (primary N) is 1. The summed E-state index contributed by atoms with van der Waals surface area (Å²) in [5.74, 6) is 1.17. The minimum absolute atomic E-state index is 0.551. The summed E-state index contributed by atoms with van der Waals surface area (Å²) >= 11 is 6.25. The topological polar surface area (TPSA) is 62.9 Å². The van der Waals surface area contributed by atoms with Gasteiger partial charge in [0.05, 0.1) is 0 Å². The van der Waals surface area contributed by atoms with E-state index in [1.807, 2.05) is 25.1 Å². The van der Waals surface area contributed by atoms with E-state index in [0.717, 1.165) is 70.2 Å². The van der Waals surface area contributed by atoms with Gasteiger partial charge in [-0.05, 0) is 56.8 Å². The number of nitrogens with one attached hydrogen (secondary N) is 1. The monoisotopic (exact) mass is 366 g/mol. The zero-order valence-electron chi connectivity index (χ0n) is 15.2. The first-order valence-electron chi connectivity index (χ1n) is 9.26. The van der Waals surface area contributed by atoms with Crippen molar-refractivity contribution in [3.63, 3.8) is 0 Å². The van der Waals surface area contributed by atoms with E-state index in [-0.39, 0.29) is 0 Å². The van der Waals surface area contributed by atoms with Crippen LogP contribution in [0.3, 0.4) is 0 Å². The van der Waals surface area contributed by atoms with E-state index in [9.17, 15) is 0 Å². The highest BCUT2D eigenvalue weighted by atomic mass is 35.5. The molecular formula is C19H31ClN4O. The molecule has 0 saturated carbocycles. The van der Waals surface area contributed by atoms with Crippen LogP contribution in [-0.4, -0.2) is 50.3 Å². The zero-order chi connectivity index (χ0) is 17.9. The molecule has 1 aromatic carbocycles. The average Bonchev–Trinajstić information content (AvgIpc) is 2.63. The van der Waals surface area contributed by atoms with Crippen molar-refractivity contribution >= 4 is 17.6 Å². The van der Waals surface area contributed by atoms with Crippen LogP contribution in [0.5, 0.6) is 0 Å². The molecule has 5 nitrogen and oxygen atoms in total. The van der Waals surface area contributed by atoms with Crippen LogP contribution in [-0.2, 0) is 11.3 Å². The predicted molar refractivity (Wildman–Crippen MR) is 105 cm³/mol. The van der Waals surface area contributed by atoms with Crippen LogP contribution in [0.1, 0.15) is 31.7 Å². The molecule has 1 aromatic rings. The number of guanidine groups is 1. The second-order valence-corrected chi connectivity index (χ2v) is 6.92.